The third kappa shape index (κ3) is 2.56. The fourth-order valence-corrected chi connectivity index (χ4v) is 3.30. The molecule has 3 rings (SSSR count). The second-order valence-electron chi connectivity index (χ2n) is 4.30. The Labute approximate surface area is 121 Å². The monoisotopic (exact) mass is 342 g/mol. The molecule has 2 aromatic rings. The summed E-state index contributed by atoms with van der Waals surface area (Å²) in [6, 6.07) is 0. The van der Waals surface area contributed by atoms with E-state index in [0.717, 1.165) is 34.8 Å². The van der Waals surface area contributed by atoms with E-state index >= 15 is 0 Å². The quantitative estimate of drug-likeness (QED) is 0.921. The van der Waals surface area contributed by atoms with Gasteiger partial charge in [0.05, 0.1) is 29.5 Å². The van der Waals surface area contributed by atoms with Crippen LogP contribution in [0, 0.1) is 0 Å². The maximum atomic E-state index is 10.8. The first-order valence-corrected chi connectivity index (χ1v) is 7.41. The van der Waals surface area contributed by atoms with E-state index in [0.29, 0.717) is 6.54 Å². The van der Waals surface area contributed by atoms with Gasteiger partial charge in [0.15, 0.2) is 5.69 Å². The van der Waals surface area contributed by atoms with E-state index in [4.69, 9.17) is 5.11 Å². The Hall–Kier alpha value is -1.25. The van der Waals surface area contributed by atoms with Gasteiger partial charge in [-0.15, -0.1) is 11.3 Å². The smallest absolute Gasteiger partial charge is 0.355 e. The molecule has 0 unspecified atom stereocenters. The van der Waals surface area contributed by atoms with Crippen molar-refractivity contribution in [3.8, 4) is 0 Å². The second-order valence-corrected chi connectivity index (χ2v) is 6.10. The van der Waals surface area contributed by atoms with E-state index < -0.39 is 5.97 Å². The molecule has 0 atom stereocenters. The zero-order chi connectivity index (χ0) is 13.4. The molecule has 2 aromatic heterocycles. The van der Waals surface area contributed by atoms with Gasteiger partial charge in [0.1, 0.15) is 5.01 Å². The van der Waals surface area contributed by atoms with Crippen LogP contribution in [0.15, 0.2) is 16.0 Å². The number of rotatable bonds is 3. The summed E-state index contributed by atoms with van der Waals surface area (Å²) in [7, 11) is 0. The number of aromatic carboxylic acids is 1. The van der Waals surface area contributed by atoms with E-state index in [-0.39, 0.29) is 5.69 Å². The zero-order valence-electron chi connectivity index (χ0n) is 9.91. The van der Waals surface area contributed by atoms with Gasteiger partial charge in [0.2, 0.25) is 0 Å². The van der Waals surface area contributed by atoms with Gasteiger partial charge in [-0.25, -0.2) is 9.78 Å². The maximum absolute atomic E-state index is 10.8. The number of fused-ring (bicyclic) bond motifs is 1. The molecule has 0 aliphatic carbocycles. The first-order valence-electron chi connectivity index (χ1n) is 5.73. The molecule has 0 aromatic carbocycles. The van der Waals surface area contributed by atoms with Crippen molar-refractivity contribution >= 4 is 33.2 Å². The SMILES string of the molecule is O=C(O)c1csc(CN2CCn3ncc(Br)c3C2)n1. The zero-order valence-corrected chi connectivity index (χ0v) is 12.3. The van der Waals surface area contributed by atoms with E-state index in [1.165, 1.54) is 11.3 Å². The molecule has 6 nitrogen and oxygen atoms in total. The summed E-state index contributed by atoms with van der Waals surface area (Å²) in [5, 5.41) is 15.6. The van der Waals surface area contributed by atoms with Crippen LogP contribution >= 0.6 is 27.3 Å². The molecular weight excluding hydrogens is 332 g/mol. The Morgan fingerprint density at radius 2 is 2.37 bits per heavy atom. The van der Waals surface area contributed by atoms with Crippen molar-refractivity contribution in [1.29, 1.82) is 0 Å². The van der Waals surface area contributed by atoms with Crippen molar-refractivity contribution in [3.63, 3.8) is 0 Å². The highest BCUT2D eigenvalue weighted by Gasteiger charge is 2.20. The average molecular weight is 343 g/mol. The Bertz CT molecular complexity index is 624. The van der Waals surface area contributed by atoms with Crippen LogP contribution in [0.2, 0.25) is 0 Å². The Morgan fingerprint density at radius 1 is 1.53 bits per heavy atom. The lowest BCUT2D eigenvalue weighted by molar-refractivity contribution is 0.0691. The number of carbonyl (C=O) groups is 1. The van der Waals surface area contributed by atoms with Gasteiger partial charge >= 0.3 is 5.97 Å². The lowest BCUT2D eigenvalue weighted by atomic mass is 10.3. The summed E-state index contributed by atoms with van der Waals surface area (Å²) in [5.41, 5.74) is 1.28. The minimum Gasteiger partial charge on any atom is -0.476 e. The van der Waals surface area contributed by atoms with E-state index in [2.05, 4.69) is 30.9 Å². The number of hydrogen-bond acceptors (Lipinski definition) is 5. The number of nitrogens with zero attached hydrogens (tertiary/aromatic N) is 4. The lowest BCUT2D eigenvalue weighted by Crippen LogP contribution is -2.33. The molecule has 8 heteroatoms. The van der Waals surface area contributed by atoms with Crippen molar-refractivity contribution in [2.24, 2.45) is 0 Å². The number of hydrogen-bond donors (Lipinski definition) is 1. The Kier molecular flexibility index (Phi) is 3.38. The highest BCUT2D eigenvalue weighted by Crippen LogP contribution is 2.23. The molecule has 1 aliphatic heterocycles. The topological polar surface area (TPSA) is 71.2 Å². The number of thiazole rings is 1. The molecule has 0 amide bonds. The summed E-state index contributed by atoms with van der Waals surface area (Å²) in [6.45, 7) is 3.21. The average Bonchev–Trinajstić information content (AvgIpc) is 2.98. The molecular formula is C11H11BrN4O2S. The lowest BCUT2D eigenvalue weighted by Gasteiger charge is -2.26. The number of halogens is 1. The highest BCUT2D eigenvalue weighted by atomic mass is 79.9. The Morgan fingerprint density at radius 3 is 3.11 bits per heavy atom. The van der Waals surface area contributed by atoms with Gasteiger partial charge in [0.25, 0.3) is 0 Å². The molecule has 0 radical (unpaired) electrons. The fourth-order valence-electron chi connectivity index (χ4n) is 2.07. The van der Waals surface area contributed by atoms with Crippen LogP contribution in [0.5, 0.6) is 0 Å². The molecule has 1 N–H and O–H groups in total. The van der Waals surface area contributed by atoms with Crippen LogP contribution in [0.25, 0.3) is 0 Å². The van der Waals surface area contributed by atoms with Crippen molar-refractivity contribution < 1.29 is 9.90 Å². The van der Waals surface area contributed by atoms with E-state index in [9.17, 15) is 4.79 Å². The van der Waals surface area contributed by atoms with E-state index in [1.807, 2.05) is 10.9 Å². The predicted octanol–water partition coefficient (Wildman–Crippen LogP) is 1.82. The van der Waals surface area contributed by atoms with Crippen molar-refractivity contribution in [3.05, 3.63) is 32.4 Å². The van der Waals surface area contributed by atoms with Crippen LogP contribution in [0.3, 0.4) is 0 Å². The molecule has 100 valence electrons. The number of carboxylic acids is 1. The van der Waals surface area contributed by atoms with Crippen LogP contribution in [0.1, 0.15) is 21.2 Å². The molecule has 19 heavy (non-hydrogen) atoms. The standard InChI is InChI=1S/C11H11BrN4O2S/c12-7-3-13-16-2-1-15(4-9(7)16)5-10-14-8(6-19-10)11(17)18/h3,6H,1-2,4-5H2,(H,17,18). The van der Waals surface area contributed by atoms with Crippen LogP contribution in [-0.4, -0.2) is 37.3 Å². The van der Waals surface area contributed by atoms with Crippen molar-refractivity contribution in [2.45, 2.75) is 19.6 Å². The fraction of sp³-hybridized carbons (Fsp3) is 0.364. The molecule has 0 saturated carbocycles. The minimum atomic E-state index is -0.970. The first-order chi connectivity index (χ1) is 9.13. The van der Waals surface area contributed by atoms with Crippen LogP contribution in [-0.2, 0) is 19.6 Å². The van der Waals surface area contributed by atoms with Crippen LogP contribution in [0.4, 0.5) is 0 Å². The molecule has 0 saturated heterocycles. The summed E-state index contributed by atoms with van der Waals surface area (Å²) in [5.74, 6) is -0.970. The van der Waals surface area contributed by atoms with Crippen molar-refractivity contribution in [2.75, 3.05) is 6.54 Å². The largest absolute Gasteiger partial charge is 0.476 e. The third-order valence-corrected chi connectivity index (χ3v) is 4.52. The van der Waals surface area contributed by atoms with Gasteiger partial charge in [-0.3, -0.25) is 9.58 Å². The summed E-state index contributed by atoms with van der Waals surface area (Å²) in [4.78, 5) is 17.1. The normalized spacial score (nSPS) is 15.4. The third-order valence-electron chi connectivity index (χ3n) is 3.03. The maximum Gasteiger partial charge on any atom is 0.355 e. The van der Waals surface area contributed by atoms with Gasteiger partial charge in [-0.2, -0.15) is 5.10 Å². The molecule has 1 aliphatic rings. The summed E-state index contributed by atoms with van der Waals surface area (Å²) < 4.78 is 3.01. The number of aromatic nitrogens is 3. The molecule has 3 heterocycles. The van der Waals surface area contributed by atoms with Gasteiger partial charge < -0.3 is 5.11 Å². The first kappa shape index (κ1) is 12.8. The Balaban J connectivity index is 1.71. The van der Waals surface area contributed by atoms with E-state index in [1.54, 1.807) is 5.38 Å². The van der Waals surface area contributed by atoms with Crippen LogP contribution < -0.4 is 0 Å². The van der Waals surface area contributed by atoms with Crippen molar-refractivity contribution in [1.82, 2.24) is 19.7 Å². The molecule has 0 fully saturated rings. The molecule has 0 spiro atoms. The highest BCUT2D eigenvalue weighted by molar-refractivity contribution is 9.10. The summed E-state index contributed by atoms with van der Waals surface area (Å²) in [6.07, 6.45) is 1.81. The minimum absolute atomic E-state index is 0.128. The predicted molar refractivity (Wildman–Crippen MR) is 73.1 cm³/mol. The summed E-state index contributed by atoms with van der Waals surface area (Å²) >= 11 is 4.88. The second kappa shape index (κ2) is 5.03. The number of carboxylic acid groups (broad SMARTS) is 1. The van der Waals surface area contributed by atoms with Gasteiger partial charge in [0, 0.05) is 18.5 Å². The van der Waals surface area contributed by atoms with Gasteiger partial charge in [-0.1, -0.05) is 0 Å². The molecule has 0 bridgehead atoms. The van der Waals surface area contributed by atoms with Gasteiger partial charge in [-0.05, 0) is 15.9 Å².